The second-order valence-electron chi connectivity index (χ2n) is 5.52. The molecule has 1 saturated carbocycles. The Labute approximate surface area is 97.2 Å². The molecule has 0 bridgehead atoms. The number of amides is 1. The fourth-order valence-corrected chi connectivity index (χ4v) is 3.19. The van der Waals surface area contributed by atoms with Crippen molar-refractivity contribution in [3.05, 3.63) is 0 Å². The molecule has 2 aliphatic rings. The molecule has 0 aromatic carbocycles. The quantitative estimate of drug-likeness (QED) is 0.638. The van der Waals surface area contributed by atoms with Crippen LogP contribution in [0.25, 0.3) is 0 Å². The van der Waals surface area contributed by atoms with Gasteiger partial charge in [0.2, 0.25) is 5.91 Å². The minimum atomic E-state index is 0.0580. The molecule has 3 nitrogen and oxygen atoms in total. The summed E-state index contributed by atoms with van der Waals surface area (Å²) in [5.41, 5.74) is 0. The van der Waals surface area contributed by atoms with E-state index in [0.717, 1.165) is 12.3 Å². The lowest BCUT2D eigenvalue weighted by Crippen LogP contribution is -2.49. The molecule has 1 aliphatic carbocycles. The summed E-state index contributed by atoms with van der Waals surface area (Å²) in [6.07, 6.45) is 4.24. The summed E-state index contributed by atoms with van der Waals surface area (Å²) < 4.78 is 0. The van der Waals surface area contributed by atoms with Gasteiger partial charge in [-0.05, 0) is 31.1 Å². The van der Waals surface area contributed by atoms with Gasteiger partial charge in [-0.25, -0.2) is 0 Å². The highest BCUT2D eigenvalue weighted by atomic mass is 16.2. The van der Waals surface area contributed by atoms with Crippen LogP contribution in [0, 0.1) is 11.8 Å². The molecule has 0 N–H and O–H groups in total. The van der Waals surface area contributed by atoms with Gasteiger partial charge in [0, 0.05) is 19.0 Å². The number of piperidine rings is 1. The molecule has 0 radical (unpaired) electrons. The maximum absolute atomic E-state index is 11.8. The minimum absolute atomic E-state index is 0.0580. The first-order chi connectivity index (χ1) is 7.58. The van der Waals surface area contributed by atoms with Gasteiger partial charge < -0.3 is 4.90 Å². The summed E-state index contributed by atoms with van der Waals surface area (Å²) in [5.74, 6) is 1.54. The Kier molecular flexibility index (Phi) is 3.31. The molecule has 3 atom stereocenters. The molecule has 0 spiro atoms. The third-order valence-electron chi connectivity index (χ3n) is 4.09. The van der Waals surface area contributed by atoms with Crippen LogP contribution in [0.5, 0.6) is 0 Å². The van der Waals surface area contributed by atoms with Crippen LogP contribution in [0.1, 0.15) is 46.0 Å². The normalized spacial score (nSPS) is 36.6. The Morgan fingerprint density at radius 1 is 1.19 bits per heavy atom. The summed E-state index contributed by atoms with van der Waals surface area (Å²) in [6, 6.07) is 0.386. The molecular formula is C13H21NO2. The van der Waals surface area contributed by atoms with Gasteiger partial charge in [-0.2, -0.15) is 0 Å². The van der Waals surface area contributed by atoms with Gasteiger partial charge in [-0.3, -0.25) is 9.59 Å². The molecule has 2 rings (SSSR count). The number of rotatable bonds is 1. The van der Waals surface area contributed by atoms with Crippen molar-refractivity contribution in [3.8, 4) is 0 Å². The predicted octanol–water partition coefficient (Wildman–Crippen LogP) is 2.00. The number of ketones is 1. The first-order valence-corrected chi connectivity index (χ1v) is 6.39. The van der Waals surface area contributed by atoms with Crippen molar-refractivity contribution in [2.45, 2.75) is 52.0 Å². The standard InChI is InChI=1S/C13H21NO2/c1-9-3-4-12(10(2)7-9)14-6-5-11(15)8-13(14)16/h9-10,12H,3-8H2,1-2H3. The van der Waals surface area contributed by atoms with Gasteiger partial charge in [-0.1, -0.05) is 13.8 Å². The van der Waals surface area contributed by atoms with Crippen molar-refractivity contribution in [2.24, 2.45) is 11.8 Å². The first kappa shape index (κ1) is 11.6. The van der Waals surface area contributed by atoms with Gasteiger partial charge in [0.1, 0.15) is 5.78 Å². The maximum Gasteiger partial charge on any atom is 0.230 e. The lowest BCUT2D eigenvalue weighted by Gasteiger charge is -2.42. The van der Waals surface area contributed by atoms with Crippen molar-refractivity contribution in [1.29, 1.82) is 0 Å². The number of likely N-dealkylation sites (tertiary alicyclic amines) is 1. The van der Waals surface area contributed by atoms with E-state index in [2.05, 4.69) is 13.8 Å². The smallest absolute Gasteiger partial charge is 0.230 e. The molecule has 90 valence electrons. The van der Waals surface area contributed by atoms with Crippen LogP contribution >= 0.6 is 0 Å². The molecule has 3 heteroatoms. The van der Waals surface area contributed by atoms with E-state index in [4.69, 9.17) is 0 Å². The van der Waals surface area contributed by atoms with E-state index in [1.807, 2.05) is 4.90 Å². The fourth-order valence-electron chi connectivity index (χ4n) is 3.19. The Balaban J connectivity index is 2.01. The highest BCUT2D eigenvalue weighted by Crippen LogP contribution is 2.33. The van der Waals surface area contributed by atoms with E-state index >= 15 is 0 Å². The van der Waals surface area contributed by atoms with E-state index in [9.17, 15) is 9.59 Å². The fraction of sp³-hybridized carbons (Fsp3) is 0.846. The molecule has 1 heterocycles. The lowest BCUT2D eigenvalue weighted by molar-refractivity contribution is -0.143. The summed E-state index contributed by atoms with van der Waals surface area (Å²) in [5, 5.41) is 0. The largest absolute Gasteiger partial charge is 0.339 e. The van der Waals surface area contributed by atoms with Gasteiger partial charge in [0.05, 0.1) is 6.42 Å². The molecule has 1 saturated heterocycles. The summed E-state index contributed by atoms with van der Waals surface area (Å²) in [6.45, 7) is 5.18. The van der Waals surface area contributed by atoms with E-state index in [0.29, 0.717) is 24.9 Å². The number of carbonyl (C=O) groups is 2. The molecule has 0 aromatic heterocycles. The monoisotopic (exact) mass is 223 g/mol. The third kappa shape index (κ3) is 2.28. The van der Waals surface area contributed by atoms with Crippen molar-refractivity contribution in [1.82, 2.24) is 4.90 Å². The van der Waals surface area contributed by atoms with Crippen LogP contribution in [-0.2, 0) is 9.59 Å². The number of carbonyl (C=O) groups excluding carboxylic acids is 2. The Bertz CT molecular complexity index is 300. The molecule has 1 aliphatic heterocycles. The highest BCUT2D eigenvalue weighted by molar-refractivity contribution is 6.00. The SMILES string of the molecule is CC1CCC(N2CCC(=O)CC2=O)C(C)C1. The first-order valence-electron chi connectivity index (χ1n) is 6.39. The van der Waals surface area contributed by atoms with Gasteiger partial charge in [-0.15, -0.1) is 0 Å². The highest BCUT2D eigenvalue weighted by Gasteiger charge is 2.35. The maximum atomic E-state index is 11.8. The Morgan fingerprint density at radius 3 is 2.56 bits per heavy atom. The van der Waals surface area contributed by atoms with Crippen molar-refractivity contribution >= 4 is 11.7 Å². The second-order valence-corrected chi connectivity index (χ2v) is 5.52. The molecule has 3 unspecified atom stereocenters. The van der Waals surface area contributed by atoms with Gasteiger partial charge in [0.15, 0.2) is 0 Å². The average molecular weight is 223 g/mol. The zero-order chi connectivity index (χ0) is 11.7. The molecule has 2 fully saturated rings. The van der Waals surface area contributed by atoms with Crippen LogP contribution in [0.3, 0.4) is 0 Å². The number of nitrogens with zero attached hydrogens (tertiary/aromatic N) is 1. The third-order valence-corrected chi connectivity index (χ3v) is 4.09. The second kappa shape index (κ2) is 4.56. The Hall–Kier alpha value is -0.860. The van der Waals surface area contributed by atoms with Crippen molar-refractivity contribution < 1.29 is 9.59 Å². The molecule has 16 heavy (non-hydrogen) atoms. The zero-order valence-corrected chi connectivity index (χ0v) is 10.2. The summed E-state index contributed by atoms with van der Waals surface area (Å²) >= 11 is 0. The van der Waals surface area contributed by atoms with E-state index in [1.54, 1.807) is 0 Å². The van der Waals surface area contributed by atoms with E-state index in [1.165, 1.54) is 12.8 Å². The van der Waals surface area contributed by atoms with Crippen LogP contribution < -0.4 is 0 Å². The van der Waals surface area contributed by atoms with Crippen LogP contribution in [0.15, 0.2) is 0 Å². The topological polar surface area (TPSA) is 37.4 Å². The zero-order valence-electron chi connectivity index (χ0n) is 10.2. The summed E-state index contributed by atoms with van der Waals surface area (Å²) in [7, 11) is 0. The molecular weight excluding hydrogens is 202 g/mol. The van der Waals surface area contributed by atoms with E-state index in [-0.39, 0.29) is 18.1 Å². The van der Waals surface area contributed by atoms with E-state index < -0.39 is 0 Å². The van der Waals surface area contributed by atoms with Crippen LogP contribution in [0.2, 0.25) is 0 Å². The summed E-state index contributed by atoms with van der Waals surface area (Å²) in [4.78, 5) is 25.0. The number of Topliss-reactive ketones (excluding diaryl/α,β-unsaturated/α-hetero) is 1. The van der Waals surface area contributed by atoms with Crippen molar-refractivity contribution in [2.75, 3.05) is 6.54 Å². The average Bonchev–Trinajstić information content (AvgIpc) is 2.19. The molecule has 1 amide bonds. The van der Waals surface area contributed by atoms with Crippen molar-refractivity contribution in [3.63, 3.8) is 0 Å². The predicted molar refractivity (Wildman–Crippen MR) is 61.9 cm³/mol. The van der Waals surface area contributed by atoms with Gasteiger partial charge in [0.25, 0.3) is 0 Å². The minimum Gasteiger partial charge on any atom is -0.339 e. The lowest BCUT2D eigenvalue weighted by atomic mass is 9.78. The number of hydrogen-bond donors (Lipinski definition) is 0. The number of hydrogen-bond acceptors (Lipinski definition) is 2. The van der Waals surface area contributed by atoms with Crippen LogP contribution in [-0.4, -0.2) is 29.2 Å². The molecule has 0 aromatic rings. The Morgan fingerprint density at radius 2 is 1.94 bits per heavy atom. The van der Waals surface area contributed by atoms with Gasteiger partial charge >= 0.3 is 0 Å². The van der Waals surface area contributed by atoms with Crippen LogP contribution in [0.4, 0.5) is 0 Å².